The van der Waals surface area contributed by atoms with Gasteiger partial charge in [-0.25, -0.2) is 0 Å². The third-order valence-electron chi connectivity index (χ3n) is 4.77. The number of nitrogens with one attached hydrogen (secondary N) is 1. The van der Waals surface area contributed by atoms with Crippen LogP contribution in [0.15, 0.2) is 40.6 Å². The maximum Gasteiger partial charge on any atom is 0.349 e. The summed E-state index contributed by atoms with van der Waals surface area (Å²) in [5.41, 5.74) is 7.38. The van der Waals surface area contributed by atoms with Gasteiger partial charge in [0.2, 0.25) is 5.91 Å². The molecule has 0 saturated carbocycles. The first-order valence-corrected chi connectivity index (χ1v) is 11.2. The minimum Gasteiger partial charge on any atom is -0.378 e. The van der Waals surface area contributed by atoms with Crippen molar-refractivity contribution >= 4 is 49.0 Å². The first kappa shape index (κ1) is 19.2. The van der Waals surface area contributed by atoms with Gasteiger partial charge in [0, 0.05) is 21.8 Å². The number of fused-ring (bicyclic) bond motifs is 2. The summed E-state index contributed by atoms with van der Waals surface area (Å²) < 4.78 is 32.5. The Morgan fingerprint density at radius 1 is 1.32 bits per heavy atom. The molecule has 0 saturated heterocycles. The fourth-order valence-corrected chi connectivity index (χ4v) is 6.29. The van der Waals surface area contributed by atoms with Crippen LogP contribution in [0, 0.1) is 6.92 Å². The number of rotatable bonds is 4. The van der Waals surface area contributed by atoms with E-state index >= 15 is 0 Å². The van der Waals surface area contributed by atoms with E-state index in [0.717, 1.165) is 21.4 Å². The fourth-order valence-electron chi connectivity index (χ4n) is 3.47. The molecule has 2 heterocycles. The van der Waals surface area contributed by atoms with Crippen LogP contribution in [-0.4, -0.2) is 20.9 Å². The minimum atomic E-state index is -4.05. The largest absolute Gasteiger partial charge is 0.378 e. The zero-order valence-electron chi connectivity index (χ0n) is 14.9. The predicted octanol–water partition coefficient (Wildman–Crippen LogP) is 3.30. The molecule has 1 atom stereocenters. The summed E-state index contributed by atoms with van der Waals surface area (Å²) in [6, 6.07) is 9.61. The molecular weight excluding hydrogens is 420 g/mol. The Kier molecular flexibility index (Phi) is 4.83. The summed E-state index contributed by atoms with van der Waals surface area (Å²) in [5, 5.41) is 4.37. The second kappa shape index (κ2) is 7.04. The molecule has 2 aromatic carbocycles. The van der Waals surface area contributed by atoms with Crippen molar-refractivity contribution in [1.29, 1.82) is 0 Å². The van der Waals surface area contributed by atoms with Crippen LogP contribution in [0.5, 0.6) is 5.75 Å². The Labute approximate surface area is 171 Å². The van der Waals surface area contributed by atoms with Crippen molar-refractivity contribution in [3.63, 3.8) is 0 Å². The van der Waals surface area contributed by atoms with Crippen LogP contribution in [0.1, 0.15) is 22.7 Å². The lowest BCUT2D eigenvalue weighted by atomic mass is 9.93. The molecule has 1 aliphatic rings. The maximum atomic E-state index is 13.0. The molecule has 3 aromatic rings. The molecule has 1 aliphatic heterocycles. The molecule has 1 amide bonds. The number of halogens is 1. The zero-order valence-corrected chi connectivity index (χ0v) is 17.2. The lowest BCUT2D eigenvalue weighted by molar-refractivity contribution is -0.120. The van der Waals surface area contributed by atoms with Crippen molar-refractivity contribution in [2.75, 3.05) is 6.54 Å². The van der Waals surface area contributed by atoms with Crippen LogP contribution >= 0.6 is 22.9 Å². The highest BCUT2D eigenvalue weighted by atomic mass is 35.5. The number of nitrogens with two attached hydrogens (primary N) is 1. The van der Waals surface area contributed by atoms with Crippen LogP contribution in [0.25, 0.3) is 10.1 Å². The molecule has 0 bridgehead atoms. The van der Waals surface area contributed by atoms with E-state index in [-0.39, 0.29) is 9.96 Å². The first-order valence-electron chi connectivity index (χ1n) is 8.55. The van der Waals surface area contributed by atoms with Crippen LogP contribution in [0.3, 0.4) is 0 Å². The summed E-state index contributed by atoms with van der Waals surface area (Å²) in [7, 11) is -4.05. The summed E-state index contributed by atoms with van der Waals surface area (Å²) in [5.74, 6) is -0.293. The average Bonchev–Trinajstić information content (AvgIpc) is 2.98. The van der Waals surface area contributed by atoms with Gasteiger partial charge in [0.1, 0.15) is 11.8 Å². The Morgan fingerprint density at radius 2 is 2.11 bits per heavy atom. The number of thiophene rings is 1. The van der Waals surface area contributed by atoms with Crippen molar-refractivity contribution in [3.8, 4) is 5.75 Å². The van der Waals surface area contributed by atoms with Gasteiger partial charge in [0.25, 0.3) is 0 Å². The minimum absolute atomic E-state index is 0.141. The van der Waals surface area contributed by atoms with Gasteiger partial charge >= 0.3 is 10.1 Å². The number of carbonyl (C=O) groups excluding carboxylic acids is 1. The Balaban J connectivity index is 1.77. The molecule has 0 radical (unpaired) electrons. The molecule has 146 valence electrons. The Hall–Kier alpha value is -2.13. The number of carbonyl (C=O) groups is 1. The van der Waals surface area contributed by atoms with Gasteiger partial charge < -0.3 is 15.2 Å². The normalized spacial score (nSPS) is 16.7. The van der Waals surface area contributed by atoms with Crippen LogP contribution in [0.4, 0.5) is 0 Å². The third kappa shape index (κ3) is 3.26. The van der Waals surface area contributed by atoms with Crippen molar-refractivity contribution in [2.24, 2.45) is 5.73 Å². The monoisotopic (exact) mass is 436 g/mol. The Bertz CT molecular complexity index is 1200. The summed E-state index contributed by atoms with van der Waals surface area (Å²) >= 11 is 7.19. The van der Waals surface area contributed by atoms with Crippen molar-refractivity contribution < 1.29 is 17.4 Å². The van der Waals surface area contributed by atoms with Crippen molar-refractivity contribution in [2.45, 2.75) is 23.6 Å². The molecule has 0 fully saturated rings. The quantitative estimate of drug-likeness (QED) is 0.611. The van der Waals surface area contributed by atoms with Crippen LogP contribution in [0.2, 0.25) is 5.02 Å². The van der Waals surface area contributed by atoms with Crippen molar-refractivity contribution in [1.82, 2.24) is 5.32 Å². The van der Waals surface area contributed by atoms with Crippen LogP contribution < -0.4 is 15.2 Å². The standard InChI is InChI=1S/C19H17ClN2O4S2/c1-10-14-9-11(20)5-6-16(14)27-19(10)28(24,25)26-15-4-2-3-13-12(15)7-8-22-17(13)18(21)23/h2-6,9,17,22H,7-8H2,1H3,(H2,21,23). The lowest BCUT2D eigenvalue weighted by Crippen LogP contribution is -2.38. The van der Waals surface area contributed by atoms with E-state index in [4.69, 9.17) is 21.5 Å². The molecule has 9 heteroatoms. The van der Waals surface area contributed by atoms with E-state index in [1.807, 2.05) is 0 Å². The van der Waals surface area contributed by atoms with E-state index in [1.54, 1.807) is 43.3 Å². The molecule has 1 aromatic heterocycles. The van der Waals surface area contributed by atoms with Gasteiger partial charge in [-0.15, -0.1) is 11.3 Å². The number of hydrogen-bond donors (Lipinski definition) is 2. The highest BCUT2D eigenvalue weighted by molar-refractivity contribution is 7.89. The molecule has 0 aliphatic carbocycles. The van der Waals surface area contributed by atoms with E-state index in [1.165, 1.54) is 0 Å². The average molecular weight is 437 g/mol. The van der Waals surface area contributed by atoms with Crippen LogP contribution in [-0.2, 0) is 21.3 Å². The second-order valence-electron chi connectivity index (χ2n) is 6.56. The molecule has 1 unspecified atom stereocenters. The van der Waals surface area contributed by atoms with Crippen molar-refractivity contribution in [3.05, 3.63) is 58.1 Å². The van der Waals surface area contributed by atoms with E-state index < -0.39 is 22.1 Å². The molecule has 0 spiro atoms. The lowest BCUT2D eigenvalue weighted by Gasteiger charge is -2.26. The van der Waals surface area contributed by atoms with Gasteiger partial charge in [0.05, 0.1) is 0 Å². The smallest absolute Gasteiger partial charge is 0.349 e. The van der Waals surface area contributed by atoms with Gasteiger partial charge in [0.15, 0.2) is 4.21 Å². The molecule has 6 nitrogen and oxygen atoms in total. The molecule has 28 heavy (non-hydrogen) atoms. The SMILES string of the molecule is Cc1c(S(=O)(=O)Oc2cccc3c2CCNC3C(N)=O)sc2ccc(Cl)cc12. The molecule has 4 rings (SSSR count). The topological polar surface area (TPSA) is 98.5 Å². The number of benzene rings is 2. The van der Waals surface area contributed by atoms with Gasteiger partial charge in [-0.3, -0.25) is 4.79 Å². The zero-order chi connectivity index (χ0) is 20.1. The highest BCUT2D eigenvalue weighted by Gasteiger charge is 2.29. The summed E-state index contributed by atoms with van der Waals surface area (Å²) in [6.07, 6.45) is 0.534. The van der Waals surface area contributed by atoms with E-state index in [9.17, 15) is 13.2 Å². The Morgan fingerprint density at radius 3 is 2.86 bits per heavy atom. The van der Waals surface area contributed by atoms with Gasteiger partial charge in [-0.2, -0.15) is 8.42 Å². The van der Waals surface area contributed by atoms with Gasteiger partial charge in [-0.05, 0) is 54.1 Å². The molecule has 3 N–H and O–H groups in total. The third-order valence-corrected chi connectivity index (χ3v) is 8.09. The molecular formula is C19H17ClN2O4S2. The summed E-state index contributed by atoms with van der Waals surface area (Å²) in [4.78, 5) is 11.7. The first-order chi connectivity index (χ1) is 13.3. The van der Waals surface area contributed by atoms with E-state index in [0.29, 0.717) is 34.7 Å². The predicted molar refractivity (Wildman–Crippen MR) is 109 cm³/mol. The maximum absolute atomic E-state index is 13.0. The highest BCUT2D eigenvalue weighted by Crippen LogP contribution is 2.38. The number of amides is 1. The van der Waals surface area contributed by atoms with E-state index in [2.05, 4.69) is 5.32 Å². The second-order valence-corrected chi connectivity index (χ2v) is 9.79. The number of hydrogen-bond acceptors (Lipinski definition) is 6. The fraction of sp³-hybridized carbons (Fsp3) is 0.211. The number of primary amides is 1. The number of aryl methyl sites for hydroxylation is 1. The summed E-state index contributed by atoms with van der Waals surface area (Å²) in [6.45, 7) is 2.24. The van der Waals surface area contributed by atoms with Gasteiger partial charge in [-0.1, -0.05) is 23.7 Å².